The number of halogens is 2. The zero-order valence-electron chi connectivity index (χ0n) is 12.5. The van der Waals surface area contributed by atoms with Crippen molar-refractivity contribution in [3.8, 4) is 6.07 Å². The van der Waals surface area contributed by atoms with Crippen LogP contribution in [0.4, 0.5) is 0 Å². The molecule has 0 radical (unpaired) electrons. The summed E-state index contributed by atoms with van der Waals surface area (Å²) in [4.78, 5) is 23.9. The van der Waals surface area contributed by atoms with Crippen LogP contribution < -0.4 is 5.32 Å². The van der Waals surface area contributed by atoms with E-state index in [2.05, 4.69) is 10.1 Å². The Labute approximate surface area is 148 Å². The first-order chi connectivity index (χ1) is 11.5. The first-order valence-corrected chi connectivity index (χ1v) is 7.56. The molecule has 5 nitrogen and oxygen atoms in total. The molecule has 0 heterocycles. The Morgan fingerprint density at radius 3 is 2.50 bits per heavy atom. The van der Waals surface area contributed by atoms with E-state index in [4.69, 9.17) is 23.2 Å². The molecule has 0 aliphatic heterocycles. The molecule has 0 aliphatic carbocycles. The smallest absolute Gasteiger partial charge is 0.337 e. The van der Waals surface area contributed by atoms with Crippen molar-refractivity contribution in [3.63, 3.8) is 0 Å². The average molecular weight is 363 g/mol. The highest BCUT2D eigenvalue weighted by atomic mass is 35.5. The fourth-order valence-corrected chi connectivity index (χ4v) is 2.46. The van der Waals surface area contributed by atoms with E-state index >= 15 is 0 Å². The molecule has 1 N–H and O–H groups in total. The number of carbonyl (C=O) groups is 2. The third kappa shape index (κ3) is 3.85. The number of benzene rings is 2. The fraction of sp³-hybridized carbons (Fsp3) is 0.118. The lowest BCUT2D eigenvalue weighted by atomic mass is 10.1. The average Bonchev–Trinajstić information content (AvgIpc) is 2.61. The minimum atomic E-state index is -0.981. The van der Waals surface area contributed by atoms with Crippen LogP contribution in [-0.2, 0) is 4.74 Å². The Kier molecular flexibility index (Phi) is 5.80. The third-order valence-corrected chi connectivity index (χ3v) is 4.08. The first kappa shape index (κ1) is 17.8. The SMILES string of the molecule is COC(=O)c1cccc(C(=O)NC(C#N)c2cccc(Cl)c2Cl)c1. The van der Waals surface area contributed by atoms with Crippen LogP contribution in [0.1, 0.15) is 32.3 Å². The fourth-order valence-electron chi connectivity index (χ4n) is 2.04. The highest BCUT2D eigenvalue weighted by molar-refractivity contribution is 6.42. The molecule has 2 aromatic rings. The molecule has 0 aliphatic rings. The molecule has 24 heavy (non-hydrogen) atoms. The van der Waals surface area contributed by atoms with E-state index < -0.39 is 17.9 Å². The van der Waals surface area contributed by atoms with Crippen molar-refractivity contribution in [2.45, 2.75) is 6.04 Å². The Bertz CT molecular complexity index is 831. The van der Waals surface area contributed by atoms with Crippen LogP contribution in [0.2, 0.25) is 10.0 Å². The minimum Gasteiger partial charge on any atom is -0.465 e. The molecule has 1 unspecified atom stereocenters. The maximum atomic E-state index is 12.4. The summed E-state index contributed by atoms with van der Waals surface area (Å²) in [7, 11) is 1.25. The number of esters is 1. The lowest BCUT2D eigenvalue weighted by Gasteiger charge is -2.14. The summed E-state index contributed by atoms with van der Waals surface area (Å²) >= 11 is 12.0. The van der Waals surface area contributed by atoms with Crippen LogP contribution in [0.3, 0.4) is 0 Å². The lowest BCUT2D eigenvalue weighted by molar-refractivity contribution is 0.0600. The largest absolute Gasteiger partial charge is 0.465 e. The maximum Gasteiger partial charge on any atom is 0.337 e. The second kappa shape index (κ2) is 7.82. The predicted octanol–water partition coefficient (Wildman–Crippen LogP) is 3.77. The van der Waals surface area contributed by atoms with E-state index in [0.717, 1.165) is 0 Å². The normalized spacial score (nSPS) is 11.2. The van der Waals surface area contributed by atoms with Crippen LogP contribution in [0.5, 0.6) is 0 Å². The van der Waals surface area contributed by atoms with Crippen molar-refractivity contribution in [2.24, 2.45) is 0 Å². The molecule has 122 valence electrons. The van der Waals surface area contributed by atoms with Gasteiger partial charge < -0.3 is 10.1 Å². The van der Waals surface area contributed by atoms with E-state index in [9.17, 15) is 14.9 Å². The molecule has 0 aromatic heterocycles. The van der Waals surface area contributed by atoms with Gasteiger partial charge in [0.1, 0.15) is 6.04 Å². The standard InChI is InChI=1S/C17H12Cl2N2O3/c1-24-17(23)11-5-2-4-10(8-11)16(22)21-14(9-20)12-6-3-7-13(18)15(12)19/h2-8,14H,1H3,(H,21,22). The van der Waals surface area contributed by atoms with Crippen molar-refractivity contribution in [1.29, 1.82) is 5.26 Å². The molecule has 1 atom stereocenters. The van der Waals surface area contributed by atoms with Crippen molar-refractivity contribution in [2.75, 3.05) is 7.11 Å². The van der Waals surface area contributed by atoms with Crippen LogP contribution in [0.15, 0.2) is 42.5 Å². The second-order valence-electron chi connectivity index (χ2n) is 4.75. The monoisotopic (exact) mass is 362 g/mol. The number of amides is 1. The topological polar surface area (TPSA) is 79.2 Å². The van der Waals surface area contributed by atoms with Gasteiger partial charge in [-0.25, -0.2) is 4.79 Å². The summed E-state index contributed by atoms with van der Waals surface area (Å²) in [5, 5.41) is 12.4. The maximum absolute atomic E-state index is 12.4. The number of nitrogens with zero attached hydrogens (tertiary/aromatic N) is 1. The highest BCUT2D eigenvalue weighted by Gasteiger charge is 2.19. The number of hydrogen-bond acceptors (Lipinski definition) is 4. The van der Waals surface area contributed by atoms with Crippen molar-refractivity contribution in [3.05, 3.63) is 69.2 Å². The van der Waals surface area contributed by atoms with Crippen LogP contribution >= 0.6 is 23.2 Å². The molecule has 2 aromatic carbocycles. The van der Waals surface area contributed by atoms with E-state index in [1.165, 1.54) is 25.3 Å². The molecule has 7 heteroatoms. The predicted molar refractivity (Wildman–Crippen MR) is 90.1 cm³/mol. The van der Waals surface area contributed by atoms with Crippen molar-refractivity contribution in [1.82, 2.24) is 5.32 Å². The number of carbonyl (C=O) groups excluding carboxylic acids is 2. The van der Waals surface area contributed by atoms with Gasteiger partial charge in [-0.1, -0.05) is 41.4 Å². The van der Waals surface area contributed by atoms with Crippen molar-refractivity contribution < 1.29 is 14.3 Å². The molecule has 0 saturated carbocycles. The van der Waals surface area contributed by atoms with Gasteiger partial charge in [-0.05, 0) is 24.3 Å². The van der Waals surface area contributed by atoms with Crippen LogP contribution in [0.25, 0.3) is 0 Å². The van der Waals surface area contributed by atoms with Crippen molar-refractivity contribution >= 4 is 35.1 Å². The number of ether oxygens (including phenoxy) is 1. The molecule has 0 saturated heterocycles. The van der Waals surface area contributed by atoms with Gasteiger partial charge in [-0.15, -0.1) is 0 Å². The summed E-state index contributed by atoms with van der Waals surface area (Å²) in [6.45, 7) is 0. The highest BCUT2D eigenvalue weighted by Crippen LogP contribution is 2.29. The molecule has 0 spiro atoms. The molecule has 2 rings (SSSR count). The van der Waals surface area contributed by atoms with Gasteiger partial charge in [0.15, 0.2) is 0 Å². The third-order valence-electron chi connectivity index (χ3n) is 3.24. The summed E-state index contributed by atoms with van der Waals surface area (Å²) in [5.74, 6) is -1.08. The van der Waals surface area contributed by atoms with Gasteiger partial charge in [0.05, 0.1) is 28.8 Å². The number of nitriles is 1. The Balaban J connectivity index is 2.26. The number of hydrogen-bond donors (Lipinski definition) is 1. The Hall–Kier alpha value is -2.55. The summed E-state index contributed by atoms with van der Waals surface area (Å²) in [6, 6.07) is 11.8. The van der Waals surface area contributed by atoms with Gasteiger partial charge >= 0.3 is 5.97 Å². The lowest BCUT2D eigenvalue weighted by Crippen LogP contribution is -2.28. The van der Waals surface area contributed by atoms with E-state index in [1.54, 1.807) is 24.3 Å². The molecule has 0 fully saturated rings. The van der Waals surface area contributed by atoms with E-state index in [1.807, 2.05) is 6.07 Å². The van der Waals surface area contributed by atoms with Gasteiger partial charge in [0, 0.05) is 11.1 Å². The number of rotatable bonds is 4. The summed E-state index contributed by atoms with van der Waals surface area (Å²) in [5.41, 5.74) is 0.847. The summed E-state index contributed by atoms with van der Waals surface area (Å²) < 4.78 is 4.62. The Morgan fingerprint density at radius 1 is 1.17 bits per heavy atom. The van der Waals surface area contributed by atoms with E-state index in [-0.39, 0.29) is 21.2 Å². The minimum absolute atomic E-state index is 0.203. The van der Waals surface area contributed by atoms with Gasteiger partial charge in [-0.3, -0.25) is 4.79 Å². The zero-order valence-corrected chi connectivity index (χ0v) is 14.1. The zero-order chi connectivity index (χ0) is 17.7. The molecule has 0 bridgehead atoms. The quantitative estimate of drug-likeness (QED) is 0.839. The van der Waals surface area contributed by atoms with Crippen LogP contribution in [-0.4, -0.2) is 19.0 Å². The number of methoxy groups -OCH3 is 1. The first-order valence-electron chi connectivity index (χ1n) is 6.80. The van der Waals surface area contributed by atoms with E-state index in [0.29, 0.717) is 5.56 Å². The molecule has 1 amide bonds. The van der Waals surface area contributed by atoms with Gasteiger partial charge in [0.2, 0.25) is 0 Å². The second-order valence-corrected chi connectivity index (χ2v) is 5.54. The Morgan fingerprint density at radius 2 is 1.83 bits per heavy atom. The number of nitrogens with one attached hydrogen (secondary N) is 1. The van der Waals surface area contributed by atoms with Crippen LogP contribution in [0, 0.1) is 11.3 Å². The van der Waals surface area contributed by atoms with Gasteiger partial charge in [-0.2, -0.15) is 5.26 Å². The molecular weight excluding hydrogens is 351 g/mol. The summed E-state index contributed by atoms with van der Waals surface area (Å²) in [6.07, 6.45) is 0. The molecular formula is C17H12Cl2N2O3. The van der Waals surface area contributed by atoms with Gasteiger partial charge in [0.25, 0.3) is 5.91 Å².